The molecule has 1 saturated carbocycles. The highest BCUT2D eigenvalue weighted by Crippen LogP contribution is 2.31. The Hall–Kier alpha value is -2.02. The lowest BCUT2D eigenvalue weighted by atomic mass is 9.96. The van der Waals surface area contributed by atoms with Crippen molar-refractivity contribution in [3.63, 3.8) is 0 Å². The quantitative estimate of drug-likeness (QED) is 0.730. The molecule has 1 aromatic heterocycles. The number of nitrogens with zero attached hydrogens (tertiary/aromatic N) is 1. The van der Waals surface area contributed by atoms with E-state index in [2.05, 4.69) is 9.71 Å². The average Bonchev–Trinajstić information content (AvgIpc) is 3.22. The molecule has 1 fully saturated rings. The lowest BCUT2D eigenvalue weighted by Crippen LogP contribution is -2.26. The van der Waals surface area contributed by atoms with Gasteiger partial charge in [-0.25, -0.2) is 13.1 Å². The minimum atomic E-state index is -3.54. The van der Waals surface area contributed by atoms with Gasteiger partial charge in [0.1, 0.15) is 0 Å². The minimum Gasteiger partial charge on any atom is -0.392 e. The Labute approximate surface area is 161 Å². The van der Waals surface area contributed by atoms with Crippen molar-refractivity contribution in [2.75, 3.05) is 13.2 Å². The van der Waals surface area contributed by atoms with Gasteiger partial charge >= 0.3 is 0 Å². The lowest BCUT2D eigenvalue weighted by Gasteiger charge is -2.12. The minimum absolute atomic E-state index is 0.0554. The van der Waals surface area contributed by atoms with Gasteiger partial charge in [0.2, 0.25) is 10.0 Å². The number of nitrogens with one attached hydrogen (secondary N) is 1. The molecule has 6 heteroatoms. The molecule has 1 aliphatic carbocycles. The smallest absolute Gasteiger partial charge is 0.240 e. The maximum Gasteiger partial charge on any atom is 0.240 e. The summed E-state index contributed by atoms with van der Waals surface area (Å²) in [6.45, 7) is 0.358. The standard InChI is InChI=1S/C21H26N2O3S/c24-16-19(18-5-1-2-6-18)15-17-8-10-21(11-9-17)27(25,26)23-14-12-20-7-3-4-13-22-20/h3-4,7-11,13,15,18,23-24H,1-2,5-6,12,14,16H2/b19-15-. The summed E-state index contributed by atoms with van der Waals surface area (Å²) < 4.78 is 27.5. The maximum absolute atomic E-state index is 12.4. The van der Waals surface area contributed by atoms with Crippen LogP contribution in [0.25, 0.3) is 6.08 Å². The molecule has 144 valence electrons. The molecule has 0 bridgehead atoms. The van der Waals surface area contributed by atoms with Crippen LogP contribution in [0.4, 0.5) is 0 Å². The second-order valence-corrected chi connectivity index (χ2v) is 8.66. The van der Waals surface area contributed by atoms with E-state index in [1.807, 2.05) is 24.3 Å². The Kier molecular flexibility index (Phi) is 6.77. The largest absolute Gasteiger partial charge is 0.392 e. The van der Waals surface area contributed by atoms with E-state index in [-0.39, 0.29) is 11.5 Å². The second-order valence-electron chi connectivity index (χ2n) is 6.90. The number of hydrogen-bond donors (Lipinski definition) is 2. The maximum atomic E-state index is 12.4. The predicted molar refractivity (Wildman–Crippen MR) is 107 cm³/mol. The highest BCUT2D eigenvalue weighted by Gasteiger charge is 2.19. The summed E-state index contributed by atoms with van der Waals surface area (Å²) in [7, 11) is -3.54. The SMILES string of the molecule is O=S(=O)(NCCc1ccccn1)c1ccc(/C=C(/CO)C2CCCC2)cc1. The zero-order valence-electron chi connectivity index (χ0n) is 15.3. The first-order valence-corrected chi connectivity index (χ1v) is 10.9. The monoisotopic (exact) mass is 386 g/mol. The number of sulfonamides is 1. The van der Waals surface area contributed by atoms with Crippen molar-refractivity contribution in [2.45, 2.75) is 37.0 Å². The molecule has 1 aliphatic rings. The molecule has 1 heterocycles. The normalized spacial score (nSPS) is 16.0. The van der Waals surface area contributed by atoms with Crippen LogP contribution < -0.4 is 4.72 Å². The topological polar surface area (TPSA) is 79.3 Å². The molecule has 0 spiro atoms. The molecule has 0 aliphatic heterocycles. The number of rotatable bonds is 8. The van der Waals surface area contributed by atoms with Crippen LogP contribution in [-0.4, -0.2) is 31.7 Å². The van der Waals surface area contributed by atoms with Gasteiger partial charge in [-0.2, -0.15) is 0 Å². The van der Waals surface area contributed by atoms with Gasteiger partial charge in [-0.3, -0.25) is 4.98 Å². The highest BCUT2D eigenvalue weighted by atomic mass is 32.2. The number of aromatic nitrogens is 1. The third-order valence-corrected chi connectivity index (χ3v) is 6.48. The zero-order chi connectivity index (χ0) is 19.1. The first-order chi connectivity index (χ1) is 13.1. The second kappa shape index (κ2) is 9.26. The summed E-state index contributed by atoms with van der Waals surface area (Å²) in [6, 6.07) is 12.4. The summed E-state index contributed by atoms with van der Waals surface area (Å²) in [5, 5.41) is 9.64. The molecule has 5 nitrogen and oxygen atoms in total. The van der Waals surface area contributed by atoms with Gasteiger partial charge in [-0.1, -0.05) is 37.1 Å². The van der Waals surface area contributed by atoms with E-state index in [1.54, 1.807) is 30.5 Å². The Bertz CT molecular complexity index is 856. The van der Waals surface area contributed by atoms with Crippen LogP contribution in [0.5, 0.6) is 0 Å². The van der Waals surface area contributed by atoms with Crippen molar-refractivity contribution >= 4 is 16.1 Å². The van der Waals surface area contributed by atoms with Gasteiger partial charge in [0.25, 0.3) is 0 Å². The summed E-state index contributed by atoms with van der Waals surface area (Å²) in [5.41, 5.74) is 2.80. The van der Waals surface area contributed by atoms with E-state index in [9.17, 15) is 13.5 Å². The molecule has 0 saturated heterocycles. The number of benzene rings is 1. The third-order valence-electron chi connectivity index (χ3n) is 5.00. The van der Waals surface area contributed by atoms with Crippen molar-refractivity contribution in [3.05, 3.63) is 65.5 Å². The molecular weight excluding hydrogens is 360 g/mol. The molecule has 0 amide bonds. The van der Waals surface area contributed by atoms with Crippen LogP contribution in [0, 0.1) is 5.92 Å². The summed E-state index contributed by atoms with van der Waals surface area (Å²) >= 11 is 0. The van der Waals surface area contributed by atoms with Crippen molar-refractivity contribution in [2.24, 2.45) is 5.92 Å². The molecule has 2 N–H and O–H groups in total. The number of hydrogen-bond acceptors (Lipinski definition) is 4. The molecule has 1 aromatic carbocycles. The van der Waals surface area contributed by atoms with Crippen LogP contribution in [0.1, 0.15) is 36.9 Å². The molecule has 3 rings (SSSR count). The van der Waals surface area contributed by atoms with Gasteiger partial charge in [-0.15, -0.1) is 0 Å². The van der Waals surface area contributed by atoms with Crippen molar-refractivity contribution in [1.82, 2.24) is 9.71 Å². The van der Waals surface area contributed by atoms with E-state index in [4.69, 9.17) is 0 Å². The lowest BCUT2D eigenvalue weighted by molar-refractivity contribution is 0.315. The van der Waals surface area contributed by atoms with E-state index in [0.29, 0.717) is 18.9 Å². The first-order valence-electron chi connectivity index (χ1n) is 9.39. The Morgan fingerprint density at radius 1 is 1.15 bits per heavy atom. The van der Waals surface area contributed by atoms with Gasteiger partial charge in [-0.05, 0) is 54.2 Å². The summed E-state index contributed by atoms with van der Waals surface area (Å²) in [4.78, 5) is 4.43. The fourth-order valence-electron chi connectivity index (χ4n) is 3.49. The predicted octanol–water partition coefficient (Wildman–Crippen LogP) is 3.17. The molecule has 2 aromatic rings. The zero-order valence-corrected chi connectivity index (χ0v) is 16.2. The van der Waals surface area contributed by atoms with Gasteiger partial charge < -0.3 is 5.11 Å². The molecule has 0 atom stereocenters. The van der Waals surface area contributed by atoms with Gasteiger partial charge in [0.05, 0.1) is 11.5 Å². The number of pyridine rings is 1. The van der Waals surface area contributed by atoms with Gasteiger partial charge in [0.15, 0.2) is 0 Å². The van der Waals surface area contributed by atoms with Crippen LogP contribution >= 0.6 is 0 Å². The molecule has 0 unspecified atom stereocenters. The molecule has 27 heavy (non-hydrogen) atoms. The van der Waals surface area contributed by atoms with E-state index >= 15 is 0 Å². The van der Waals surface area contributed by atoms with Crippen molar-refractivity contribution < 1.29 is 13.5 Å². The Balaban J connectivity index is 1.63. The number of aliphatic hydroxyl groups is 1. The highest BCUT2D eigenvalue weighted by molar-refractivity contribution is 7.89. The van der Waals surface area contributed by atoms with Crippen LogP contribution in [0.15, 0.2) is 59.1 Å². The molecule has 0 radical (unpaired) electrons. The van der Waals surface area contributed by atoms with Gasteiger partial charge in [0, 0.05) is 24.9 Å². The number of aliphatic hydroxyl groups excluding tert-OH is 1. The average molecular weight is 387 g/mol. The van der Waals surface area contributed by atoms with Crippen molar-refractivity contribution in [3.8, 4) is 0 Å². The van der Waals surface area contributed by atoms with E-state index in [0.717, 1.165) is 29.7 Å². The molecular formula is C21H26N2O3S. The fourth-order valence-corrected chi connectivity index (χ4v) is 4.52. The summed E-state index contributed by atoms with van der Waals surface area (Å²) in [6.07, 6.45) is 8.90. The third kappa shape index (κ3) is 5.48. The van der Waals surface area contributed by atoms with E-state index < -0.39 is 10.0 Å². The van der Waals surface area contributed by atoms with E-state index in [1.165, 1.54) is 12.8 Å². The Morgan fingerprint density at radius 2 is 1.89 bits per heavy atom. The fraction of sp³-hybridized carbons (Fsp3) is 0.381. The van der Waals surface area contributed by atoms with Crippen LogP contribution in [0.2, 0.25) is 0 Å². The van der Waals surface area contributed by atoms with Crippen LogP contribution in [0.3, 0.4) is 0 Å². The van der Waals surface area contributed by atoms with Crippen LogP contribution in [-0.2, 0) is 16.4 Å². The Morgan fingerprint density at radius 3 is 2.52 bits per heavy atom. The first kappa shape index (κ1) is 19.7. The van der Waals surface area contributed by atoms with Crippen molar-refractivity contribution in [1.29, 1.82) is 0 Å². The summed E-state index contributed by atoms with van der Waals surface area (Å²) in [5.74, 6) is 0.451.